The Morgan fingerprint density at radius 1 is 1.26 bits per heavy atom. The number of nitrogens with two attached hydrogens (primary N) is 1. The van der Waals surface area contributed by atoms with Crippen LogP contribution in [0, 0.1) is 0 Å². The minimum absolute atomic E-state index is 0.316. The molecule has 100 valence electrons. The van der Waals surface area contributed by atoms with Crippen molar-refractivity contribution in [2.75, 3.05) is 5.32 Å². The van der Waals surface area contributed by atoms with Gasteiger partial charge in [-0.2, -0.15) is 5.10 Å². The molecule has 1 aliphatic rings. The largest absolute Gasteiger partial charge is 0.379 e. The van der Waals surface area contributed by atoms with Gasteiger partial charge >= 0.3 is 0 Å². The van der Waals surface area contributed by atoms with Crippen LogP contribution in [0.15, 0.2) is 36.8 Å². The van der Waals surface area contributed by atoms with E-state index in [1.807, 2.05) is 24.4 Å². The first-order chi connectivity index (χ1) is 9.33. The third kappa shape index (κ3) is 2.76. The van der Waals surface area contributed by atoms with Crippen molar-refractivity contribution in [3.63, 3.8) is 0 Å². The molecule has 0 radical (unpaired) electrons. The molecule has 2 aromatic rings. The lowest BCUT2D eigenvalue weighted by Gasteiger charge is -2.28. The number of pyridine rings is 1. The quantitative estimate of drug-likeness (QED) is 0.881. The van der Waals surface area contributed by atoms with Crippen molar-refractivity contribution in [3.05, 3.63) is 36.8 Å². The molecule has 19 heavy (non-hydrogen) atoms. The highest BCUT2D eigenvalue weighted by Gasteiger charge is 2.20. The molecule has 3 rings (SSSR count). The van der Waals surface area contributed by atoms with E-state index in [1.54, 1.807) is 17.1 Å². The summed E-state index contributed by atoms with van der Waals surface area (Å²) in [6, 6.07) is 6.63. The number of hydrogen-bond acceptors (Lipinski definition) is 4. The maximum absolute atomic E-state index is 6.04. The molecule has 1 saturated carbocycles. The lowest BCUT2D eigenvalue weighted by atomic mass is 9.91. The summed E-state index contributed by atoms with van der Waals surface area (Å²) in [6.45, 7) is 0. The van der Waals surface area contributed by atoms with Gasteiger partial charge in [-0.3, -0.25) is 0 Å². The van der Waals surface area contributed by atoms with E-state index < -0.39 is 0 Å². The van der Waals surface area contributed by atoms with Crippen LogP contribution in [0.3, 0.4) is 0 Å². The van der Waals surface area contributed by atoms with Crippen molar-refractivity contribution in [3.8, 4) is 5.82 Å². The fourth-order valence-electron chi connectivity index (χ4n) is 2.66. The number of aromatic nitrogens is 3. The van der Waals surface area contributed by atoms with Gasteiger partial charge in [0.1, 0.15) is 0 Å². The molecule has 2 heterocycles. The first-order valence-corrected chi connectivity index (χ1v) is 6.80. The predicted molar refractivity (Wildman–Crippen MR) is 75.2 cm³/mol. The average Bonchev–Trinajstić information content (AvgIpc) is 2.93. The van der Waals surface area contributed by atoms with Crippen LogP contribution in [0.25, 0.3) is 5.82 Å². The summed E-state index contributed by atoms with van der Waals surface area (Å²) in [7, 11) is 0. The molecule has 0 aliphatic heterocycles. The summed E-state index contributed by atoms with van der Waals surface area (Å²) in [5.41, 5.74) is 7.06. The van der Waals surface area contributed by atoms with Gasteiger partial charge in [0, 0.05) is 30.7 Å². The molecule has 5 nitrogen and oxygen atoms in total. The standard InChI is InChI=1S/C14H19N5/c15-11-4-1-5-12(10-11)18-13-6-2-7-16-14(13)19-9-3-8-17-19/h2-3,6-9,11-12,18H,1,4-5,10,15H2. The summed E-state index contributed by atoms with van der Waals surface area (Å²) in [6.07, 6.45) is 9.96. The molecule has 1 fully saturated rings. The first-order valence-electron chi connectivity index (χ1n) is 6.80. The number of hydrogen-bond donors (Lipinski definition) is 2. The zero-order chi connectivity index (χ0) is 13.1. The van der Waals surface area contributed by atoms with Gasteiger partial charge in [0.25, 0.3) is 0 Å². The van der Waals surface area contributed by atoms with E-state index in [-0.39, 0.29) is 0 Å². The maximum atomic E-state index is 6.04. The highest BCUT2D eigenvalue weighted by molar-refractivity contribution is 5.56. The molecule has 0 bridgehead atoms. The van der Waals surface area contributed by atoms with Crippen LogP contribution in [-0.2, 0) is 0 Å². The molecule has 0 saturated heterocycles. The maximum Gasteiger partial charge on any atom is 0.176 e. The second kappa shape index (κ2) is 5.40. The van der Waals surface area contributed by atoms with E-state index in [2.05, 4.69) is 15.4 Å². The van der Waals surface area contributed by atoms with Crippen molar-refractivity contribution in [1.82, 2.24) is 14.8 Å². The topological polar surface area (TPSA) is 68.8 Å². The van der Waals surface area contributed by atoms with E-state index in [9.17, 15) is 0 Å². The third-order valence-electron chi connectivity index (χ3n) is 3.58. The zero-order valence-corrected chi connectivity index (χ0v) is 10.9. The Balaban J connectivity index is 1.81. The van der Waals surface area contributed by atoms with Gasteiger partial charge in [-0.05, 0) is 43.9 Å². The molecule has 2 atom stereocenters. The second-order valence-corrected chi connectivity index (χ2v) is 5.09. The van der Waals surface area contributed by atoms with Crippen LogP contribution in [0.1, 0.15) is 25.7 Å². The first kappa shape index (κ1) is 12.2. The molecule has 3 N–H and O–H groups in total. The van der Waals surface area contributed by atoms with Crippen LogP contribution in [0.2, 0.25) is 0 Å². The minimum Gasteiger partial charge on any atom is -0.379 e. The van der Waals surface area contributed by atoms with Crippen molar-refractivity contribution in [1.29, 1.82) is 0 Å². The molecule has 0 aromatic carbocycles. The van der Waals surface area contributed by atoms with Crippen LogP contribution in [0.5, 0.6) is 0 Å². The van der Waals surface area contributed by atoms with Crippen molar-refractivity contribution < 1.29 is 0 Å². The highest BCUT2D eigenvalue weighted by atomic mass is 15.3. The third-order valence-corrected chi connectivity index (χ3v) is 3.58. The van der Waals surface area contributed by atoms with E-state index in [1.165, 1.54) is 12.8 Å². The summed E-state index contributed by atoms with van der Waals surface area (Å²) >= 11 is 0. The monoisotopic (exact) mass is 257 g/mol. The van der Waals surface area contributed by atoms with E-state index >= 15 is 0 Å². The van der Waals surface area contributed by atoms with Gasteiger partial charge < -0.3 is 11.1 Å². The SMILES string of the molecule is NC1CCCC(Nc2cccnc2-n2cccn2)C1. The molecule has 0 amide bonds. The molecule has 2 unspecified atom stereocenters. The molecule has 2 aromatic heterocycles. The number of rotatable bonds is 3. The second-order valence-electron chi connectivity index (χ2n) is 5.09. The summed E-state index contributed by atoms with van der Waals surface area (Å²) in [4.78, 5) is 4.41. The smallest absolute Gasteiger partial charge is 0.176 e. The molecule has 0 spiro atoms. The Morgan fingerprint density at radius 3 is 3.00 bits per heavy atom. The Morgan fingerprint density at radius 2 is 2.21 bits per heavy atom. The lowest BCUT2D eigenvalue weighted by Crippen LogP contribution is -2.35. The fraction of sp³-hybridized carbons (Fsp3) is 0.429. The fourth-order valence-corrected chi connectivity index (χ4v) is 2.66. The van der Waals surface area contributed by atoms with Gasteiger partial charge in [0.15, 0.2) is 5.82 Å². The van der Waals surface area contributed by atoms with E-state index in [0.717, 1.165) is 24.3 Å². The van der Waals surface area contributed by atoms with Gasteiger partial charge in [0.2, 0.25) is 0 Å². The van der Waals surface area contributed by atoms with Gasteiger partial charge in [0.05, 0.1) is 5.69 Å². The lowest BCUT2D eigenvalue weighted by molar-refractivity contribution is 0.409. The molecular formula is C14H19N5. The molecule has 1 aliphatic carbocycles. The normalized spacial score (nSPS) is 23.2. The Kier molecular flexibility index (Phi) is 3.46. The zero-order valence-electron chi connectivity index (χ0n) is 10.9. The highest BCUT2D eigenvalue weighted by Crippen LogP contribution is 2.23. The van der Waals surface area contributed by atoms with Gasteiger partial charge in [-0.15, -0.1) is 0 Å². The van der Waals surface area contributed by atoms with Gasteiger partial charge in [-0.1, -0.05) is 0 Å². The minimum atomic E-state index is 0.316. The average molecular weight is 257 g/mol. The summed E-state index contributed by atoms with van der Waals surface area (Å²) in [5, 5.41) is 7.81. The Hall–Kier alpha value is -1.88. The molecule has 5 heteroatoms. The Labute approximate surface area is 112 Å². The Bertz CT molecular complexity index is 522. The molecular weight excluding hydrogens is 238 g/mol. The van der Waals surface area contributed by atoms with Crippen LogP contribution < -0.4 is 11.1 Å². The van der Waals surface area contributed by atoms with Crippen molar-refractivity contribution in [2.24, 2.45) is 5.73 Å². The van der Waals surface area contributed by atoms with Crippen LogP contribution in [0.4, 0.5) is 5.69 Å². The van der Waals surface area contributed by atoms with Crippen LogP contribution in [-0.4, -0.2) is 26.8 Å². The van der Waals surface area contributed by atoms with Crippen molar-refractivity contribution in [2.45, 2.75) is 37.8 Å². The summed E-state index contributed by atoms with van der Waals surface area (Å²) < 4.78 is 1.78. The van der Waals surface area contributed by atoms with E-state index in [0.29, 0.717) is 12.1 Å². The number of nitrogens with zero attached hydrogens (tertiary/aromatic N) is 3. The summed E-state index contributed by atoms with van der Waals surface area (Å²) in [5.74, 6) is 0.839. The predicted octanol–water partition coefficient (Wildman–Crippen LogP) is 1.95. The van der Waals surface area contributed by atoms with E-state index in [4.69, 9.17) is 5.73 Å². The number of anilines is 1. The van der Waals surface area contributed by atoms with Crippen LogP contribution >= 0.6 is 0 Å². The van der Waals surface area contributed by atoms with Crippen molar-refractivity contribution >= 4 is 5.69 Å². The number of nitrogens with one attached hydrogen (secondary N) is 1. The van der Waals surface area contributed by atoms with Gasteiger partial charge in [-0.25, -0.2) is 9.67 Å².